The van der Waals surface area contributed by atoms with E-state index in [1.165, 1.54) is 12.1 Å². The summed E-state index contributed by atoms with van der Waals surface area (Å²) < 4.78 is 19.0. The molecule has 19 heavy (non-hydrogen) atoms. The minimum absolute atomic E-state index is 0. The fourth-order valence-electron chi connectivity index (χ4n) is 1.62. The SMILES string of the molecule is Cl.N=C(N)c1c(F)cccc1OCc1ccccc1. The van der Waals surface area contributed by atoms with E-state index in [-0.39, 0.29) is 29.6 Å². The minimum atomic E-state index is -0.548. The third kappa shape index (κ3) is 3.69. The van der Waals surface area contributed by atoms with E-state index in [2.05, 4.69) is 0 Å². The standard InChI is InChI=1S/C14H13FN2O.ClH/c15-11-7-4-8-12(13(11)14(16)17)18-9-10-5-2-1-3-6-10;/h1-8H,9H2,(H3,16,17);1H. The van der Waals surface area contributed by atoms with Crippen LogP contribution in [0.3, 0.4) is 0 Å². The first kappa shape index (κ1) is 15.0. The first-order chi connectivity index (χ1) is 8.68. The number of hydrogen-bond donors (Lipinski definition) is 2. The van der Waals surface area contributed by atoms with E-state index in [4.69, 9.17) is 15.9 Å². The molecule has 3 N–H and O–H groups in total. The molecule has 5 heteroatoms. The molecule has 0 aromatic heterocycles. The van der Waals surface area contributed by atoms with Crippen LogP contribution in [0.5, 0.6) is 5.75 Å². The molecule has 100 valence electrons. The quantitative estimate of drug-likeness (QED) is 0.668. The molecule has 0 amide bonds. The maximum Gasteiger partial charge on any atom is 0.137 e. The second-order valence-corrected chi connectivity index (χ2v) is 3.80. The van der Waals surface area contributed by atoms with E-state index >= 15 is 0 Å². The van der Waals surface area contributed by atoms with Crippen molar-refractivity contribution in [2.45, 2.75) is 6.61 Å². The molecule has 2 aromatic carbocycles. The van der Waals surface area contributed by atoms with Crippen LogP contribution in [0.15, 0.2) is 48.5 Å². The van der Waals surface area contributed by atoms with Gasteiger partial charge in [0, 0.05) is 0 Å². The first-order valence-corrected chi connectivity index (χ1v) is 5.48. The zero-order chi connectivity index (χ0) is 13.0. The van der Waals surface area contributed by atoms with Gasteiger partial charge in [0.2, 0.25) is 0 Å². The van der Waals surface area contributed by atoms with Gasteiger partial charge in [-0.2, -0.15) is 0 Å². The van der Waals surface area contributed by atoms with Gasteiger partial charge in [0.05, 0.1) is 5.56 Å². The molecule has 0 aliphatic heterocycles. The lowest BCUT2D eigenvalue weighted by Gasteiger charge is -2.11. The molecule has 0 saturated carbocycles. The summed E-state index contributed by atoms with van der Waals surface area (Å²) in [5.74, 6) is -0.601. The molecule has 0 atom stereocenters. The van der Waals surface area contributed by atoms with E-state index in [9.17, 15) is 4.39 Å². The zero-order valence-corrected chi connectivity index (χ0v) is 10.9. The summed E-state index contributed by atoms with van der Waals surface area (Å²) in [4.78, 5) is 0. The molecule has 0 saturated heterocycles. The number of rotatable bonds is 4. The molecule has 0 fully saturated rings. The second kappa shape index (κ2) is 6.75. The van der Waals surface area contributed by atoms with Gasteiger partial charge in [-0.25, -0.2) is 4.39 Å². The number of nitrogen functional groups attached to an aromatic ring is 1. The van der Waals surface area contributed by atoms with E-state index in [0.29, 0.717) is 6.61 Å². The largest absolute Gasteiger partial charge is 0.488 e. The number of nitrogens with one attached hydrogen (secondary N) is 1. The Morgan fingerprint density at radius 2 is 1.79 bits per heavy atom. The molecule has 0 heterocycles. The second-order valence-electron chi connectivity index (χ2n) is 3.80. The Hall–Kier alpha value is -2.07. The van der Waals surface area contributed by atoms with Crippen LogP contribution in [-0.4, -0.2) is 5.84 Å². The highest BCUT2D eigenvalue weighted by Crippen LogP contribution is 2.21. The molecule has 0 aliphatic carbocycles. The lowest BCUT2D eigenvalue weighted by molar-refractivity contribution is 0.304. The Morgan fingerprint density at radius 3 is 2.42 bits per heavy atom. The molecule has 0 spiro atoms. The highest BCUT2D eigenvalue weighted by atomic mass is 35.5. The smallest absolute Gasteiger partial charge is 0.137 e. The van der Waals surface area contributed by atoms with E-state index in [1.807, 2.05) is 30.3 Å². The third-order valence-electron chi connectivity index (χ3n) is 2.48. The fraction of sp³-hybridized carbons (Fsp3) is 0.0714. The molecule has 0 bridgehead atoms. The van der Waals surface area contributed by atoms with Crippen LogP contribution in [0.1, 0.15) is 11.1 Å². The van der Waals surface area contributed by atoms with E-state index in [1.54, 1.807) is 6.07 Å². The van der Waals surface area contributed by atoms with Crippen molar-refractivity contribution < 1.29 is 9.13 Å². The first-order valence-electron chi connectivity index (χ1n) is 5.48. The van der Waals surface area contributed by atoms with Gasteiger partial charge >= 0.3 is 0 Å². The normalized spacial score (nSPS) is 9.53. The Balaban J connectivity index is 0.00000180. The van der Waals surface area contributed by atoms with Crippen molar-refractivity contribution in [3.63, 3.8) is 0 Å². The van der Waals surface area contributed by atoms with Gasteiger partial charge in [0.25, 0.3) is 0 Å². The number of benzene rings is 2. The number of ether oxygens (including phenoxy) is 1. The van der Waals surface area contributed by atoms with E-state index < -0.39 is 5.82 Å². The summed E-state index contributed by atoms with van der Waals surface area (Å²) in [6.45, 7) is 0.310. The molecule has 3 nitrogen and oxygen atoms in total. The van der Waals surface area contributed by atoms with Crippen LogP contribution < -0.4 is 10.5 Å². The highest BCUT2D eigenvalue weighted by molar-refractivity contribution is 5.97. The summed E-state index contributed by atoms with van der Waals surface area (Å²) in [7, 11) is 0. The van der Waals surface area contributed by atoms with Crippen LogP contribution in [0.2, 0.25) is 0 Å². The van der Waals surface area contributed by atoms with Gasteiger partial charge in [-0.3, -0.25) is 5.41 Å². The van der Waals surface area contributed by atoms with Crippen LogP contribution in [0.4, 0.5) is 4.39 Å². The topological polar surface area (TPSA) is 59.1 Å². The molecule has 0 aliphatic rings. The summed E-state index contributed by atoms with van der Waals surface area (Å²) in [6.07, 6.45) is 0. The van der Waals surface area contributed by atoms with Gasteiger partial charge in [-0.15, -0.1) is 12.4 Å². The third-order valence-corrected chi connectivity index (χ3v) is 2.48. The van der Waals surface area contributed by atoms with Crippen LogP contribution in [0.25, 0.3) is 0 Å². The van der Waals surface area contributed by atoms with Gasteiger partial charge in [-0.1, -0.05) is 36.4 Å². The summed E-state index contributed by atoms with van der Waals surface area (Å²) >= 11 is 0. The van der Waals surface area contributed by atoms with Gasteiger partial charge in [-0.05, 0) is 17.7 Å². The van der Waals surface area contributed by atoms with Crippen molar-refractivity contribution in [2.24, 2.45) is 5.73 Å². The maximum atomic E-state index is 13.5. The summed E-state index contributed by atoms with van der Waals surface area (Å²) in [5.41, 5.74) is 6.32. The average Bonchev–Trinajstić information content (AvgIpc) is 2.37. The van der Waals surface area contributed by atoms with Crippen molar-refractivity contribution in [3.8, 4) is 5.75 Å². The Bertz CT molecular complexity index is 561. The number of halogens is 2. The molecule has 0 unspecified atom stereocenters. The lowest BCUT2D eigenvalue weighted by Crippen LogP contribution is -2.15. The van der Waals surface area contributed by atoms with E-state index in [0.717, 1.165) is 5.56 Å². The average molecular weight is 281 g/mol. The van der Waals surface area contributed by atoms with Crippen LogP contribution in [-0.2, 0) is 6.61 Å². The number of hydrogen-bond acceptors (Lipinski definition) is 2. The van der Waals surface area contributed by atoms with Gasteiger partial charge in [0.1, 0.15) is 24.0 Å². The molecule has 2 rings (SSSR count). The number of amidine groups is 1. The predicted octanol–water partition coefficient (Wildman–Crippen LogP) is 3.11. The predicted molar refractivity (Wildman–Crippen MR) is 75.4 cm³/mol. The Kier molecular flexibility index (Phi) is 5.33. The molecule has 0 radical (unpaired) electrons. The van der Waals surface area contributed by atoms with Crippen molar-refractivity contribution in [1.29, 1.82) is 5.41 Å². The summed E-state index contributed by atoms with van der Waals surface area (Å²) in [5, 5.41) is 7.36. The minimum Gasteiger partial charge on any atom is -0.488 e. The zero-order valence-electron chi connectivity index (χ0n) is 10.1. The lowest BCUT2D eigenvalue weighted by atomic mass is 10.1. The molecular weight excluding hydrogens is 267 g/mol. The maximum absolute atomic E-state index is 13.5. The molecule has 2 aromatic rings. The van der Waals surface area contributed by atoms with Gasteiger partial charge < -0.3 is 10.5 Å². The summed E-state index contributed by atoms with van der Waals surface area (Å²) in [6, 6.07) is 13.9. The molecular formula is C14H14ClFN2O. The van der Waals surface area contributed by atoms with Gasteiger partial charge in [0.15, 0.2) is 0 Å². The van der Waals surface area contributed by atoms with Crippen molar-refractivity contribution >= 4 is 18.2 Å². The number of nitrogens with two attached hydrogens (primary N) is 1. The Morgan fingerprint density at radius 1 is 1.11 bits per heavy atom. The van der Waals surface area contributed by atoms with Crippen molar-refractivity contribution in [2.75, 3.05) is 0 Å². The monoisotopic (exact) mass is 280 g/mol. The van der Waals surface area contributed by atoms with Crippen molar-refractivity contribution in [3.05, 3.63) is 65.5 Å². The highest BCUT2D eigenvalue weighted by Gasteiger charge is 2.12. The van der Waals surface area contributed by atoms with Crippen LogP contribution >= 0.6 is 12.4 Å². The van der Waals surface area contributed by atoms with Crippen LogP contribution in [0, 0.1) is 11.2 Å². The Labute approximate surface area is 117 Å². The van der Waals surface area contributed by atoms with Crippen molar-refractivity contribution in [1.82, 2.24) is 0 Å². The fourth-order valence-corrected chi connectivity index (χ4v) is 1.62.